The predicted molar refractivity (Wildman–Crippen MR) is 160 cm³/mol. The lowest BCUT2D eigenvalue weighted by Gasteiger charge is -2.41. The number of hydrogen-bond acceptors (Lipinski definition) is 7. The lowest BCUT2D eigenvalue weighted by molar-refractivity contribution is 0.317. The van der Waals surface area contributed by atoms with Gasteiger partial charge in [-0.25, -0.2) is 4.98 Å². The first-order chi connectivity index (χ1) is 17.2. The fraction of sp³-hybridized carbons (Fsp3) is 0.690. The van der Waals surface area contributed by atoms with Crippen molar-refractivity contribution in [2.45, 2.75) is 116 Å². The number of aryl methyl sites for hydroxylation is 1. The molecule has 7 heteroatoms. The predicted octanol–water partition coefficient (Wildman–Crippen LogP) is 8.66. The van der Waals surface area contributed by atoms with Crippen LogP contribution in [0.3, 0.4) is 0 Å². The van der Waals surface area contributed by atoms with Gasteiger partial charge in [0.1, 0.15) is 5.76 Å². The normalized spacial score (nSPS) is 21.0. The van der Waals surface area contributed by atoms with E-state index in [1.807, 2.05) is 34.0 Å². The number of nitrogens with zero attached hydrogens (tertiary/aromatic N) is 3. The Bertz CT molecular complexity index is 1060. The minimum atomic E-state index is 0.205. The molecule has 2 aromatic rings. The van der Waals surface area contributed by atoms with Crippen LogP contribution in [0, 0.1) is 5.41 Å². The second-order valence-corrected chi connectivity index (χ2v) is 14.8. The minimum Gasteiger partial charge on any atom is -0.508 e. The zero-order chi connectivity index (χ0) is 25.4. The summed E-state index contributed by atoms with van der Waals surface area (Å²) in [7, 11) is 2.00. The molecule has 5 rings (SSSR count). The molecule has 36 heavy (non-hydrogen) atoms. The van der Waals surface area contributed by atoms with Gasteiger partial charge in [-0.15, -0.1) is 11.3 Å². The van der Waals surface area contributed by atoms with Crippen LogP contribution in [0.5, 0.6) is 0 Å². The number of aliphatic hydroxyl groups is 1. The van der Waals surface area contributed by atoms with Crippen molar-refractivity contribution in [2.75, 3.05) is 11.9 Å². The number of rotatable bonds is 7. The maximum absolute atomic E-state index is 10.8. The lowest BCUT2D eigenvalue weighted by Crippen LogP contribution is -2.45. The fourth-order valence-electron chi connectivity index (χ4n) is 6.67. The van der Waals surface area contributed by atoms with Gasteiger partial charge in [0.15, 0.2) is 5.13 Å². The van der Waals surface area contributed by atoms with Crippen LogP contribution >= 0.6 is 35.5 Å². The molecule has 0 aromatic carbocycles. The summed E-state index contributed by atoms with van der Waals surface area (Å²) in [5.41, 5.74) is 3.63. The van der Waals surface area contributed by atoms with E-state index >= 15 is 0 Å². The Morgan fingerprint density at radius 1 is 1.03 bits per heavy atom. The molecule has 4 nitrogen and oxygen atoms in total. The Morgan fingerprint density at radius 3 is 2.19 bits per heavy atom. The standard InChI is InChI=1S/C29H43N3OS3/c1-19(33)25-22-17-29(2,3)16-15-24(22)35-27(25)26-23(18-31(4)34)30-28(36-26)32(20-11-7-5-8-12-20)21-13-9-6-10-14-21/h20-21,33-34H,1,5-18H2,2-4H3. The van der Waals surface area contributed by atoms with Crippen LogP contribution in [0.1, 0.15) is 106 Å². The summed E-state index contributed by atoms with van der Waals surface area (Å²) < 4.78 is 1.93. The molecular weight excluding hydrogens is 503 g/mol. The first kappa shape index (κ1) is 26.6. The molecule has 2 heterocycles. The lowest BCUT2D eigenvalue weighted by atomic mass is 9.76. The highest BCUT2D eigenvalue weighted by Gasteiger charge is 2.35. The molecule has 0 bridgehead atoms. The number of thiol groups is 1. The summed E-state index contributed by atoms with van der Waals surface area (Å²) in [6.45, 7) is 9.40. The van der Waals surface area contributed by atoms with E-state index in [9.17, 15) is 5.11 Å². The molecule has 0 spiro atoms. The molecule has 0 amide bonds. The van der Waals surface area contributed by atoms with Crippen molar-refractivity contribution in [3.05, 3.63) is 28.3 Å². The number of thiophene rings is 1. The van der Waals surface area contributed by atoms with Gasteiger partial charge in [-0.2, -0.15) is 0 Å². The first-order valence-corrected chi connectivity index (χ1v) is 16.0. The second-order valence-electron chi connectivity index (χ2n) is 12.1. The van der Waals surface area contributed by atoms with Gasteiger partial charge in [0.25, 0.3) is 0 Å². The van der Waals surface area contributed by atoms with E-state index < -0.39 is 0 Å². The average molecular weight is 546 g/mol. The molecule has 0 atom stereocenters. The van der Waals surface area contributed by atoms with Crippen molar-refractivity contribution in [3.63, 3.8) is 0 Å². The van der Waals surface area contributed by atoms with Crippen LogP contribution < -0.4 is 4.90 Å². The summed E-state index contributed by atoms with van der Waals surface area (Å²) in [6, 6.07) is 1.21. The molecule has 3 aliphatic carbocycles. The third-order valence-electron chi connectivity index (χ3n) is 8.49. The van der Waals surface area contributed by atoms with Gasteiger partial charge in [-0.05, 0) is 63.0 Å². The van der Waals surface area contributed by atoms with Gasteiger partial charge in [0.2, 0.25) is 0 Å². The third-order valence-corrected chi connectivity index (χ3v) is 11.2. The van der Waals surface area contributed by atoms with Crippen LogP contribution in [0.4, 0.5) is 5.13 Å². The van der Waals surface area contributed by atoms with Gasteiger partial charge in [0, 0.05) is 22.5 Å². The maximum atomic E-state index is 10.8. The van der Waals surface area contributed by atoms with E-state index in [-0.39, 0.29) is 11.2 Å². The Labute approximate surface area is 231 Å². The van der Waals surface area contributed by atoms with E-state index in [0.29, 0.717) is 18.6 Å². The quantitative estimate of drug-likeness (QED) is 0.270. The summed E-state index contributed by atoms with van der Waals surface area (Å²) >= 11 is 8.34. The van der Waals surface area contributed by atoms with E-state index in [4.69, 9.17) is 4.98 Å². The van der Waals surface area contributed by atoms with Crippen LogP contribution in [-0.2, 0) is 19.4 Å². The Kier molecular flexibility index (Phi) is 8.12. The van der Waals surface area contributed by atoms with E-state index in [2.05, 4.69) is 38.1 Å². The number of aliphatic hydroxyl groups excluding tert-OH is 1. The van der Waals surface area contributed by atoms with Gasteiger partial charge >= 0.3 is 0 Å². The Balaban J connectivity index is 1.61. The average Bonchev–Trinajstić information content (AvgIpc) is 3.40. The van der Waals surface area contributed by atoms with Gasteiger partial charge in [-0.1, -0.05) is 83.1 Å². The minimum absolute atomic E-state index is 0.205. The highest BCUT2D eigenvalue weighted by molar-refractivity contribution is 7.77. The summed E-state index contributed by atoms with van der Waals surface area (Å²) in [5, 5.41) is 12.0. The topological polar surface area (TPSA) is 39.6 Å². The molecule has 1 N–H and O–H groups in total. The fourth-order valence-corrected chi connectivity index (χ4v) is 9.52. The number of aromatic nitrogens is 1. The molecule has 0 radical (unpaired) electrons. The molecule has 0 saturated heterocycles. The van der Waals surface area contributed by atoms with Crippen molar-refractivity contribution in [3.8, 4) is 9.75 Å². The van der Waals surface area contributed by atoms with Gasteiger partial charge in [-0.3, -0.25) is 4.31 Å². The second kappa shape index (κ2) is 11.0. The van der Waals surface area contributed by atoms with Crippen LogP contribution in [0.15, 0.2) is 6.58 Å². The maximum Gasteiger partial charge on any atom is 0.186 e. The largest absolute Gasteiger partial charge is 0.508 e. The molecule has 2 aromatic heterocycles. The summed E-state index contributed by atoms with van der Waals surface area (Å²) in [4.78, 5) is 11.9. The third kappa shape index (κ3) is 5.55. The van der Waals surface area contributed by atoms with Crippen molar-refractivity contribution in [2.24, 2.45) is 5.41 Å². The van der Waals surface area contributed by atoms with Gasteiger partial charge in [0.05, 0.1) is 22.0 Å². The van der Waals surface area contributed by atoms with E-state index in [0.717, 1.165) is 24.1 Å². The van der Waals surface area contributed by atoms with Crippen LogP contribution in [0.2, 0.25) is 0 Å². The number of anilines is 1. The zero-order valence-electron chi connectivity index (χ0n) is 22.3. The molecule has 3 aliphatic rings. The number of thiazole rings is 1. The molecule has 198 valence electrons. The number of hydrogen-bond donors (Lipinski definition) is 2. The first-order valence-electron chi connectivity index (χ1n) is 13.9. The molecule has 0 aliphatic heterocycles. The Hall–Kier alpha value is -1.02. The van der Waals surface area contributed by atoms with Crippen molar-refractivity contribution < 1.29 is 5.11 Å². The monoisotopic (exact) mass is 545 g/mol. The summed E-state index contributed by atoms with van der Waals surface area (Å²) in [6.07, 6.45) is 16.5. The van der Waals surface area contributed by atoms with Crippen LogP contribution in [-0.4, -0.2) is 33.5 Å². The molecular formula is C29H43N3OS3. The molecule has 0 unspecified atom stereocenters. The Morgan fingerprint density at radius 2 is 1.64 bits per heavy atom. The smallest absolute Gasteiger partial charge is 0.186 e. The summed E-state index contributed by atoms with van der Waals surface area (Å²) in [5.74, 6) is 0.205. The zero-order valence-corrected chi connectivity index (χ0v) is 24.8. The van der Waals surface area contributed by atoms with Crippen molar-refractivity contribution in [1.82, 2.24) is 9.29 Å². The van der Waals surface area contributed by atoms with E-state index in [1.165, 1.54) is 96.0 Å². The SMILES string of the molecule is C=C(O)c1c(-c2sc(N(C3CCCCC3)C3CCCCC3)nc2CN(C)S)sc2c1CC(C)(C)CC2. The number of fused-ring (bicyclic) bond motifs is 1. The molecule has 2 fully saturated rings. The van der Waals surface area contributed by atoms with Crippen molar-refractivity contribution in [1.29, 1.82) is 0 Å². The highest BCUT2D eigenvalue weighted by atomic mass is 32.1. The van der Waals surface area contributed by atoms with Crippen molar-refractivity contribution >= 4 is 46.4 Å². The van der Waals surface area contributed by atoms with Gasteiger partial charge < -0.3 is 10.0 Å². The molecule has 2 saturated carbocycles. The van der Waals surface area contributed by atoms with Crippen LogP contribution in [0.25, 0.3) is 15.5 Å². The highest BCUT2D eigenvalue weighted by Crippen LogP contribution is 2.50. The van der Waals surface area contributed by atoms with E-state index in [1.54, 1.807) is 0 Å².